The van der Waals surface area contributed by atoms with Crippen molar-refractivity contribution in [2.24, 2.45) is 10.9 Å². The molecule has 3 rings (SSSR count). The molecule has 2 fully saturated rings. The van der Waals surface area contributed by atoms with E-state index >= 15 is 0 Å². The fourth-order valence-electron chi connectivity index (χ4n) is 4.06. The summed E-state index contributed by atoms with van der Waals surface area (Å²) in [5, 5.41) is 6.78. The second-order valence-electron chi connectivity index (χ2n) is 8.34. The molecule has 2 N–H and O–H groups in total. The Kier molecular flexibility index (Phi) is 12.7. The van der Waals surface area contributed by atoms with Crippen LogP contribution < -0.4 is 10.6 Å². The van der Waals surface area contributed by atoms with E-state index in [0.29, 0.717) is 19.1 Å². The van der Waals surface area contributed by atoms with Gasteiger partial charge in [-0.2, -0.15) is 0 Å². The van der Waals surface area contributed by atoms with E-state index in [0.717, 1.165) is 71.1 Å². The van der Waals surface area contributed by atoms with E-state index in [1.54, 1.807) is 0 Å². The molecule has 2 saturated heterocycles. The highest BCUT2D eigenvalue weighted by atomic mass is 127. The number of ether oxygens (including phenoxy) is 2. The number of halogens is 3. The van der Waals surface area contributed by atoms with Crippen molar-refractivity contribution in [2.75, 3.05) is 52.6 Å². The zero-order valence-corrected chi connectivity index (χ0v) is 21.3. The molecule has 2 unspecified atom stereocenters. The van der Waals surface area contributed by atoms with Crippen LogP contribution in [0, 0.1) is 17.6 Å². The first-order valence-corrected chi connectivity index (χ1v) is 11.5. The molecule has 1 aromatic rings. The Morgan fingerprint density at radius 1 is 1.28 bits per heavy atom. The molecule has 0 radical (unpaired) electrons. The highest BCUT2D eigenvalue weighted by molar-refractivity contribution is 14.0. The van der Waals surface area contributed by atoms with E-state index in [2.05, 4.69) is 20.5 Å². The molecular formula is C23H37F2IN4O2. The Hall–Kier alpha value is -1.04. The van der Waals surface area contributed by atoms with Gasteiger partial charge in [0.2, 0.25) is 0 Å². The molecule has 1 aromatic carbocycles. The number of guanidine groups is 1. The molecule has 182 valence electrons. The van der Waals surface area contributed by atoms with Crippen molar-refractivity contribution in [3.63, 3.8) is 0 Å². The predicted molar refractivity (Wildman–Crippen MR) is 134 cm³/mol. The summed E-state index contributed by atoms with van der Waals surface area (Å²) in [6, 6.07) is 4.24. The summed E-state index contributed by atoms with van der Waals surface area (Å²) in [5.41, 5.74) is 0.146. The van der Waals surface area contributed by atoms with Gasteiger partial charge in [-0.25, -0.2) is 8.78 Å². The van der Waals surface area contributed by atoms with Crippen LogP contribution in [0.2, 0.25) is 0 Å². The predicted octanol–water partition coefficient (Wildman–Crippen LogP) is 3.55. The van der Waals surface area contributed by atoms with Crippen molar-refractivity contribution in [2.45, 2.75) is 45.2 Å². The lowest BCUT2D eigenvalue weighted by atomic mass is 10.0. The molecule has 0 spiro atoms. The molecule has 2 aliphatic heterocycles. The number of piperidine rings is 1. The van der Waals surface area contributed by atoms with Gasteiger partial charge in [-0.05, 0) is 51.3 Å². The van der Waals surface area contributed by atoms with Crippen molar-refractivity contribution >= 4 is 29.9 Å². The van der Waals surface area contributed by atoms with E-state index in [9.17, 15) is 8.78 Å². The maximum atomic E-state index is 14.0. The Balaban J connectivity index is 0.00000363. The van der Waals surface area contributed by atoms with E-state index in [1.807, 2.05) is 6.92 Å². The Labute approximate surface area is 207 Å². The number of benzene rings is 1. The number of nitrogens with zero attached hydrogens (tertiary/aromatic N) is 2. The fraction of sp³-hybridized carbons (Fsp3) is 0.696. The third kappa shape index (κ3) is 9.07. The first-order chi connectivity index (χ1) is 15.2. The lowest BCUT2D eigenvalue weighted by Crippen LogP contribution is -2.51. The van der Waals surface area contributed by atoms with Crippen LogP contribution in [-0.2, 0) is 16.0 Å². The monoisotopic (exact) mass is 566 g/mol. The molecule has 0 saturated carbocycles. The summed E-state index contributed by atoms with van der Waals surface area (Å²) in [6.07, 6.45) is 3.95. The molecule has 9 heteroatoms. The number of aliphatic imine (C=N–C) groups is 1. The average Bonchev–Trinajstić information content (AvgIpc) is 3.27. The lowest BCUT2D eigenvalue weighted by molar-refractivity contribution is 0.0893. The third-order valence-corrected chi connectivity index (χ3v) is 5.73. The number of nitrogens with one attached hydrogen (secondary N) is 2. The summed E-state index contributed by atoms with van der Waals surface area (Å²) in [5.74, 6) is 0.366. The molecule has 2 atom stereocenters. The summed E-state index contributed by atoms with van der Waals surface area (Å²) in [6.45, 7) is 8.49. The minimum absolute atomic E-state index is 0. The second kappa shape index (κ2) is 15.0. The van der Waals surface area contributed by atoms with Gasteiger partial charge in [-0.3, -0.25) is 9.89 Å². The maximum Gasteiger partial charge on any atom is 0.191 e. The third-order valence-electron chi connectivity index (χ3n) is 5.73. The highest BCUT2D eigenvalue weighted by Crippen LogP contribution is 2.18. The zero-order chi connectivity index (χ0) is 21.9. The molecule has 2 aliphatic rings. The van der Waals surface area contributed by atoms with Gasteiger partial charge in [0.15, 0.2) is 5.96 Å². The van der Waals surface area contributed by atoms with Crippen molar-refractivity contribution in [1.29, 1.82) is 0 Å². The van der Waals surface area contributed by atoms with Gasteiger partial charge in [0.1, 0.15) is 11.6 Å². The van der Waals surface area contributed by atoms with E-state index in [-0.39, 0.29) is 42.1 Å². The van der Waals surface area contributed by atoms with Gasteiger partial charge >= 0.3 is 0 Å². The van der Waals surface area contributed by atoms with Crippen LogP contribution in [0.5, 0.6) is 0 Å². The molecular weight excluding hydrogens is 529 g/mol. The van der Waals surface area contributed by atoms with Crippen LogP contribution in [-0.4, -0.2) is 69.5 Å². The summed E-state index contributed by atoms with van der Waals surface area (Å²) >= 11 is 0. The van der Waals surface area contributed by atoms with Gasteiger partial charge in [-0.1, -0.05) is 6.07 Å². The van der Waals surface area contributed by atoms with E-state index < -0.39 is 11.6 Å². The molecule has 2 heterocycles. The quantitative estimate of drug-likeness (QED) is 0.197. The molecule has 0 bridgehead atoms. The largest absolute Gasteiger partial charge is 0.381 e. The fourth-order valence-corrected chi connectivity index (χ4v) is 4.06. The molecule has 0 amide bonds. The average molecular weight is 566 g/mol. The standard InChI is InChI=1S/C23H36F2N4O2.HI/c1-2-26-23(27-10-5-12-30-16-18-9-13-31-17-18)28-19-6-4-11-29(14-19)15-20-21(24)7-3-8-22(20)25;/h3,7-8,18-19H,2,4-6,9-17H2,1H3,(H2,26,27,28);1H. The summed E-state index contributed by atoms with van der Waals surface area (Å²) in [7, 11) is 0. The molecule has 0 aliphatic carbocycles. The molecule has 0 aromatic heterocycles. The minimum atomic E-state index is -0.479. The minimum Gasteiger partial charge on any atom is -0.381 e. The Bertz CT molecular complexity index is 684. The van der Waals surface area contributed by atoms with Crippen LogP contribution in [0.1, 0.15) is 38.2 Å². The maximum absolute atomic E-state index is 14.0. The van der Waals surface area contributed by atoms with Crippen molar-refractivity contribution in [3.05, 3.63) is 35.4 Å². The van der Waals surface area contributed by atoms with Crippen molar-refractivity contribution < 1.29 is 18.3 Å². The van der Waals surface area contributed by atoms with Crippen LogP contribution >= 0.6 is 24.0 Å². The second-order valence-corrected chi connectivity index (χ2v) is 8.34. The summed E-state index contributed by atoms with van der Waals surface area (Å²) < 4.78 is 39.1. The first-order valence-electron chi connectivity index (χ1n) is 11.5. The Morgan fingerprint density at radius 3 is 2.81 bits per heavy atom. The first kappa shape index (κ1) is 27.2. The molecule has 6 nitrogen and oxygen atoms in total. The lowest BCUT2D eigenvalue weighted by Gasteiger charge is -2.34. The zero-order valence-electron chi connectivity index (χ0n) is 19.0. The number of rotatable bonds is 10. The number of hydrogen-bond acceptors (Lipinski definition) is 4. The van der Waals surface area contributed by atoms with E-state index in [4.69, 9.17) is 9.47 Å². The van der Waals surface area contributed by atoms with Crippen LogP contribution in [0.15, 0.2) is 23.2 Å². The van der Waals surface area contributed by atoms with Crippen molar-refractivity contribution in [1.82, 2.24) is 15.5 Å². The van der Waals surface area contributed by atoms with Gasteiger partial charge in [-0.15, -0.1) is 24.0 Å². The van der Waals surface area contributed by atoms with Gasteiger partial charge in [0, 0.05) is 56.9 Å². The van der Waals surface area contributed by atoms with Gasteiger partial charge in [0.25, 0.3) is 0 Å². The van der Waals surface area contributed by atoms with Crippen LogP contribution in [0.3, 0.4) is 0 Å². The Morgan fingerprint density at radius 2 is 2.09 bits per heavy atom. The van der Waals surface area contributed by atoms with Crippen molar-refractivity contribution in [3.8, 4) is 0 Å². The highest BCUT2D eigenvalue weighted by Gasteiger charge is 2.22. The van der Waals surface area contributed by atoms with Gasteiger partial charge < -0.3 is 20.1 Å². The number of hydrogen-bond donors (Lipinski definition) is 2. The SMILES string of the molecule is CCNC(=NCCCOCC1CCOC1)NC1CCCN(Cc2c(F)cccc2F)C1.I. The van der Waals surface area contributed by atoms with E-state index in [1.165, 1.54) is 18.2 Å². The topological polar surface area (TPSA) is 58.1 Å². The smallest absolute Gasteiger partial charge is 0.191 e. The molecule has 32 heavy (non-hydrogen) atoms. The normalized spacial score (nSPS) is 21.9. The summed E-state index contributed by atoms with van der Waals surface area (Å²) in [4.78, 5) is 6.77. The number of likely N-dealkylation sites (tertiary alicyclic amines) is 1. The van der Waals surface area contributed by atoms with Crippen LogP contribution in [0.25, 0.3) is 0 Å². The van der Waals surface area contributed by atoms with Crippen LogP contribution in [0.4, 0.5) is 8.78 Å². The van der Waals surface area contributed by atoms with Gasteiger partial charge in [0.05, 0.1) is 13.2 Å².